The molecule has 0 bridgehead atoms. The third kappa shape index (κ3) is 2.38. The Morgan fingerprint density at radius 2 is 2.15 bits per heavy atom. The highest BCUT2D eigenvalue weighted by Gasteiger charge is 2.22. The molecule has 1 N–H and O–H groups in total. The molecule has 0 saturated carbocycles. The van der Waals surface area contributed by atoms with Crippen LogP contribution in [0.5, 0.6) is 5.75 Å². The lowest BCUT2D eigenvalue weighted by Gasteiger charge is -2.26. The summed E-state index contributed by atoms with van der Waals surface area (Å²) in [6.07, 6.45) is 3.23. The molecule has 1 unspecified atom stereocenters. The molecule has 0 amide bonds. The summed E-state index contributed by atoms with van der Waals surface area (Å²) in [4.78, 5) is 0. The normalized spacial score (nSPS) is 17.4. The zero-order valence-corrected chi connectivity index (χ0v) is 12.1. The number of aryl methyl sites for hydroxylation is 1. The van der Waals surface area contributed by atoms with E-state index in [4.69, 9.17) is 9.84 Å². The Morgan fingerprint density at radius 1 is 1.35 bits per heavy atom. The van der Waals surface area contributed by atoms with Gasteiger partial charge in [0, 0.05) is 12.6 Å². The molecule has 1 aromatic carbocycles. The standard InChI is InChI=1S/C16H21N3O/c1-3-4-13-11-16-17-10-9-15(19(16)18-13)12-5-7-14(20-2)8-6-12/h5-8,11,15,17H,3-4,9-10H2,1-2H3. The number of benzene rings is 1. The van der Waals surface area contributed by atoms with Crippen molar-refractivity contribution in [2.45, 2.75) is 32.2 Å². The van der Waals surface area contributed by atoms with Gasteiger partial charge >= 0.3 is 0 Å². The minimum Gasteiger partial charge on any atom is -0.497 e. The summed E-state index contributed by atoms with van der Waals surface area (Å²) >= 11 is 0. The maximum atomic E-state index is 5.23. The van der Waals surface area contributed by atoms with E-state index in [-0.39, 0.29) is 0 Å². The minimum absolute atomic E-state index is 0.322. The van der Waals surface area contributed by atoms with E-state index in [9.17, 15) is 0 Å². The molecule has 4 heteroatoms. The topological polar surface area (TPSA) is 39.1 Å². The fourth-order valence-corrected chi connectivity index (χ4v) is 2.79. The first-order chi connectivity index (χ1) is 9.81. The molecule has 1 aliphatic heterocycles. The first kappa shape index (κ1) is 13.0. The van der Waals surface area contributed by atoms with E-state index in [1.165, 1.54) is 11.3 Å². The minimum atomic E-state index is 0.322. The number of aromatic nitrogens is 2. The number of rotatable bonds is 4. The van der Waals surface area contributed by atoms with Crippen LogP contribution in [0.1, 0.15) is 37.1 Å². The fraction of sp³-hybridized carbons (Fsp3) is 0.438. The third-order valence-corrected chi connectivity index (χ3v) is 3.81. The van der Waals surface area contributed by atoms with E-state index in [0.717, 1.165) is 37.4 Å². The van der Waals surface area contributed by atoms with Crippen LogP contribution in [0.4, 0.5) is 5.82 Å². The van der Waals surface area contributed by atoms with Crippen molar-refractivity contribution in [1.82, 2.24) is 9.78 Å². The van der Waals surface area contributed by atoms with Crippen LogP contribution < -0.4 is 10.1 Å². The van der Waals surface area contributed by atoms with Crippen molar-refractivity contribution >= 4 is 5.82 Å². The quantitative estimate of drug-likeness (QED) is 0.927. The highest BCUT2D eigenvalue weighted by Crippen LogP contribution is 2.30. The van der Waals surface area contributed by atoms with E-state index in [2.05, 4.69) is 35.1 Å². The summed E-state index contributed by atoms with van der Waals surface area (Å²) < 4.78 is 7.36. The summed E-state index contributed by atoms with van der Waals surface area (Å²) in [5, 5.41) is 8.20. The molecular weight excluding hydrogens is 250 g/mol. The van der Waals surface area contributed by atoms with Gasteiger partial charge < -0.3 is 10.1 Å². The van der Waals surface area contributed by atoms with Gasteiger partial charge in [0.2, 0.25) is 0 Å². The summed E-state index contributed by atoms with van der Waals surface area (Å²) in [5.74, 6) is 2.04. The molecule has 0 radical (unpaired) electrons. The molecule has 1 aliphatic rings. The maximum Gasteiger partial charge on any atom is 0.125 e. The number of fused-ring (bicyclic) bond motifs is 1. The summed E-state index contributed by atoms with van der Waals surface area (Å²) in [7, 11) is 1.70. The molecule has 2 aromatic rings. The summed E-state index contributed by atoms with van der Waals surface area (Å²) in [5.41, 5.74) is 2.47. The van der Waals surface area contributed by atoms with E-state index < -0.39 is 0 Å². The van der Waals surface area contributed by atoms with Crippen LogP contribution in [0.25, 0.3) is 0 Å². The van der Waals surface area contributed by atoms with Gasteiger partial charge in [-0.1, -0.05) is 25.5 Å². The van der Waals surface area contributed by atoms with Gasteiger partial charge in [-0.25, -0.2) is 4.68 Å². The number of nitrogens with zero attached hydrogens (tertiary/aromatic N) is 2. The van der Waals surface area contributed by atoms with Crippen molar-refractivity contribution in [3.8, 4) is 5.75 Å². The Bertz CT molecular complexity index is 574. The van der Waals surface area contributed by atoms with E-state index in [0.29, 0.717) is 6.04 Å². The van der Waals surface area contributed by atoms with Gasteiger partial charge in [-0.3, -0.25) is 0 Å². The van der Waals surface area contributed by atoms with Gasteiger partial charge in [0.25, 0.3) is 0 Å². The average molecular weight is 271 g/mol. The first-order valence-corrected chi connectivity index (χ1v) is 7.28. The smallest absolute Gasteiger partial charge is 0.125 e. The average Bonchev–Trinajstić information content (AvgIpc) is 2.90. The van der Waals surface area contributed by atoms with Crippen LogP contribution in [0.3, 0.4) is 0 Å². The highest BCUT2D eigenvalue weighted by atomic mass is 16.5. The Morgan fingerprint density at radius 3 is 2.85 bits per heavy atom. The first-order valence-electron chi connectivity index (χ1n) is 7.28. The predicted octanol–water partition coefficient (Wildman–Crippen LogP) is 3.25. The van der Waals surface area contributed by atoms with Crippen molar-refractivity contribution in [3.63, 3.8) is 0 Å². The SMILES string of the molecule is CCCc1cc2n(n1)C(c1ccc(OC)cc1)CCN2. The van der Waals surface area contributed by atoms with Gasteiger partial charge in [-0.15, -0.1) is 0 Å². The number of hydrogen-bond acceptors (Lipinski definition) is 3. The van der Waals surface area contributed by atoms with Crippen molar-refractivity contribution < 1.29 is 4.74 Å². The molecule has 0 fully saturated rings. The summed E-state index contributed by atoms with van der Waals surface area (Å²) in [6, 6.07) is 10.8. The number of anilines is 1. The predicted molar refractivity (Wildman–Crippen MR) is 80.5 cm³/mol. The zero-order valence-electron chi connectivity index (χ0n) is 12.1. The van der Waals surface area contributed by atoms with Gasteiger partial charge in [0.05, 0.1) is 18.8 Å². The zero-order chi connectivity index (χ0) is 13.9. The maximum absolute atomic E-state index is 5.23. The van der Waals surface area contributed by atoms with Gasteiger partial charge in [0.15, 0.2) is 0 Å². The molecule has 4 nitrogen and oxygen atoms in total. The second-order valence-corrected chi connectivity index (χ2v) is 5.22. The molecule has 20 heavy (non-hydrogen) atoms. The number of methoxy groups -OCH3 is 1. The molecule has 1 atom stereocenters. The Balaban J connectivity index is 1.91. The van der Waals surface area contributed by atoms with Crippen molar-refractivity contribution in [1.29, 1.82) is 0 Å². The van der Waals surface area contributed by atoms with Crippen LogP contribution in [-0.2, 0) is 6.42 Å². The summed E-state index contributed by atoms with van der Waals surface area (Å²) in [6.45, 7) is 3.18. The van der Waals surface area contributed by atoms with Gasteiger partial charge in [-0.2, -0.15) is 5.10 Å². The third-order valence-electron chi connectivity index (χ3n) is 3.81. The van der Waals surface area contributed by atoms with Crippen LogP contribution in [0, 0.1) is 0 Å². The van der Waals surface area contributed by atoms with E-state index in [1.807, 2.05) is 12.1 Å². The fourth-order valence-electron chi connectivity index (χ4n) is 2.79. The Kier molecular flexibility index (Phi) is 3.63. The van der Waals surface area contributed by atoms with Crippen molar-refractivity contribution in [3.05, 3.63) is 41.6 Å². The van der Waals surface area contributed by atoms with Crippen LogP contribution in [0.2, 0.25) is 0 Å². The monoisotopic (exact) mass is 271 g/mol. The second-order valence-electron chi connectivity index (χ2n) is 5.22. The van der Waals surface area contributed by atoms with E-state index >= 15 is 0 Å². The molecule has 0 spiro atoms. The Hall–Kier alpha value is -1.97. The van der Waals surface area contributed by atoms with Crippen molar-refractivity contribution in [2.24, 2.45) is 0 Å². The van der Waals surface area contributed by atoms with E-state index in [1.54, 1.807) is 7.11 Å². The van der Waals surface area contributed by atoms with Gasteiger partial charge in [-0.05, 0) is 30.5 Å². The van der Waals surface area contributed by atoms with Crippen LogP contribution in [0.15, 0.2) is 30.3 Å². The molecule has 0 saturated heterocycles. The largest absolute Gasteiger partial charge is 0.497 e. The number of nitrogens with one attached hydrogen (secondary N) is 1. The molecule has 3 rings (SSSR count). The molecule has 106 valence electrons. The highest BCUT2D eigenvalue weighted by molar-refractivity contribution is 5.42. The molecule has 1 aromatic heterocycles. The van der Waals surface area contributed by atoms with Crippen molar-refractivity contribution in [2.75, 3.05) is 19.0 Å². The molecular formula is C16H21N3O. The lowest BCUT2D eigenvalue weighted by atomic mass is 10.0. The number of ether oxygens (including phenoxy) is 1. The Labute approximate surface area is 119 Å². The van der Waals surface area contributed by atoms with Gasteiger partial charge in [0.1, 0.15) is 11.6 Å². The number of hydrogen-bond donors (Lipinski definition) is 1. The molecule has 2 heterocycles. The molecule has 0 aliphatic carbocycles. The second kappa shape index (κ2) is 5.57. The van der Waals surface area contributed by atoms with Crippen LogP contribution in [-0.4, -0.2) is 23.4 Å². The van der Waals surface area contributed by atoms with Crippen LogP contribution >= 0.6 is 0 Å². The lowest BCUT2D eigenvalue weighted by molar-refractivity contribution is 0.413. The lowest BCUT2D eigenvalue weighted by Crippen LogP contribution is -2.24.